The molecule has 3 aromatic heterocycles. The van der Waals surface area contributed by atoms with Gasteiger partial charge in [-0.3, -0.25) is 15.0 Å². The molecule has 5 aromatic carbocycles. The standard InChI is InChI=1S/C41H27N3/c1-2-16-34-33(15-1)40(31-13-9-11-28(25-31)37-17-3-6-22-42-37)35-21-20-30(39-19-5-8-24-44-39)27-36(35)41(34)32-14-10-12-29(26-32)38-18-4-7-23-43-38/h1-27H. The topological polar surface area (TPSA) is 38.7 Å². The van der Waals surface area contributed by atoms with Gasteiger partial charge in [-0.2, -0.15) is 0 Å². The summed E-state index contributed by atoms with van der Waals surface area (Å²) < 4.78 is 0. The molecule has 0 fully saturated rings. The number of benzene rings is 5. The summed E-state index contributed by atoms with van der Waals surface area (Å²) in [6.45, 7) is 0. The molecule has 0 N–H and O–H groups in total. The van der Waals surface area contributed by atoms with E-state index in [1.807, 2.05) is 55.0 Å². The molecular weight excluding hydrogens is 534 g/mol. The van der Waals surface area contributed by atoms with E-state index in [9.17, 15) is 0 Å². The van der Waals surface area contributed by atoms with Gasteiger partial charge < -0.3 is 0 Å². The normalized spacial score (nSPS) is 11.2. The molecule has 0 radical (unpaired) electrons. The van der Waals surface area contributed by atoms with E-state index in [1.54, 1.807) is 0 Å². The van der Waals surface area contributed by atoms with Gasteiger partial charge in [-0.1, -0.05) is 91.0 Å². The predicted molar refractivity (Wildman–Crippen MR) is 182 cm³/mol. The van der Waals surface area contributed by atoms with Crippen molar-refractivity contribution >= 4 is 21.5 Å². The zero-order valence-electron chi connectivity index (χ0n) is 23.9. The fraction of sp³-hybridized carbons (Fsp3) is 0. The Kier molecular flexibility index (Phi) is 6.47. The molecule has 0 saturated heterocycles. The number of rotatable bonds is 5. The third kappa shape index (κ3) is 4.61. The van der Waals surface area contributed by atoms with Crippen molar-refractivity contribution in [3.8, 4) is 56.0 Å². The van der Waals surface area contributed by atoms with Crippen LogP contribution in [0.5, 0.6) is 0 Å². The highest BCUT2D eigenvalue weighted by Gasteiger charge is 2.18. The van der Waals surface area contributed by atoms with Crippen LogP contribution in [-0.4, -0.2) is 15.0 Å². The molecule has 44 heavy (non-hydrogen) atoms. The molecule has 3 heterocycles. The number of fused-ring (bicyclic) bond motifs is 2. The average Bonchev–Trinajstić information content (AvgIpc) is 3.11. The SMILES string of the molecule is c1ccc(-c2cccc(-c3c4ccccc4c(-c4cccc(-c5ccccn5)c4)c4cc(-c5ccccn5)ccc34)c2)nc1. The van der Waals surface area contributed by atoms with Crippen molar-refractivity contribution in [1.29, 1.82) is 0 Å². The zero-order valence-corrected chi connectivity index (χ0v) is 23.9. The molecule has 0 aliphatic carbocycles. The Morgan fingerprint density at radius 2 is 0.682 bits per heavy atom. The van der Waals surface area contributed by atoms with Crippen LogP contribution < -0.4 is 0 Å². The Morgan fingerprint density at radius 1 is 0.273 bits per heavy atom. The molecule has 0 bridgehead atoms. The lowest BCUT2D eigenvalue weighted by Crippen LogP contribution is -1.93. The molecule has 0 unspecified atom stereocenters. The average molecular weight is 562 g/mol. The van der Waals surface area contributed by atoms with Crippen LogP contribution in [0, 0.1) is 0 Å². The van der Waals surface area contributed by atoms with Crippen LogP contribution in [0.15, 0.2) is 164 Å². The molecule has 0 aliphatic heterocycles. The largest absolute Gasteiger partial charge is 0.256 e. The van der Waals surface area contributed by atoms with Crippen LogP contribution in [0.1, 0.15) is 0 Å². The van der Waals surface area contributed by atoms with Crippen LogP contribution in [0.4, 0.5) is 0 Å². The summed E-state index contributed by atoms with van der Waals surface area (Å²) in [6.07, 6.45) is 5.55. The summed E-state index contributed by atoms with van der Waals surface area (Å²) in [6, 6.07) is 51.2. The van der Waals surface area contributed by atoms with E-state index in [0.717, 1.165) is 44.9 Å². The smallest absolute Gasteiger partial charge is 0.0702 e. The molecule has 8 aromatic rings. The van der Waals surface area contributed by atoms with E-state index >= 15 is 0 Å². The van der Waals surface area contributed by atoms with Crippen molar-refractivity contribution in [3.63, 3.8) is 0 Å². The first kappa shape index (κ1) is 25.8. The number of pyridine rings is 3. The molecule has 8 rings (SSSR count). The summed E-state index contributed by atoms with van der Waals surface area (Å²) in [5.74, 6) is 0. The Morgan fingerprint density at radius 3 is 1.16 bits per heavy atom. The lowest BCUT2D eigenvalue weighted by Gasteiger charge is -2.19. The highest BCUT2D eigenvalue weighted by molar-refractivity contribution is 6.22. The second kappa shape index (κ2) is 11.0. The molecule has 0 atom stereocenters. The third-order valence-corrected chi connectivity index (χ3v) is 8.21. The fourth-order valence-corrected chi connectivity index (χ4v) is 6.23. The molecule has 3 nitrogen and oxygen atoms in total. The fourth-order valence-electron chi connectivity index (χ4n) is 6.23. The molecule has 0 saturated carbocycles. The lowest BCUT2D eigenvalue weighted by atomic mass is 9.84. The summed E-state index contributed by atoms with van der Waals surface area (Å²) in [4.78, 5) is 13.9. The summed E-state index contributed by atoms with van der Waals surface area (Å²) in [5.41, 5.74) is 10.9. The van der Waals surface area contributed by atoms with Crippen molar-refractivity contribution in [1.82, 2.24) is 15.0 Å². The van der Waals surface area contributed by atoms with Crippen LogP contribution >= 0.6 is 0 Å². The lowest BCUT2D eigenvalue weighted by molar-refractivity contribution is 1.33. The monoisotopic (exact) mass is 561 g/mol. The van der Waals surface area contributed by atoms with Gasteiger partial charge in [-0.05, 0) is 98.4 Å². The zero-order chi connectivity index (χ0) is 29.3. The van der Waals surface area contributed by atoms with Gasteiger partial charge in [0.05, 0.1) is 17.1 Å². The van der Waals surface area contributed by atoms with E-state index in [-0.39, 0.29) is 0 Å². The van der Waals surface area contributed by atoms with Crippen molar-refractivity contribution in [3.05, 3.63) is 164 Å². The second-order valence-corrected chi connectivity index (χ2v) is 10.9. The Labute approximate surface area is 256 Å². The highest BCUT2D eigenvalue weighted by atomic mass is 14.7. The minimum absolute atomic E-state index is 0.953. The van der Waals surface area contributed by atoms with Crippen LogP contribution in [0.3, 0.4) is 0 Å². The first-order valence-electron chi connectivity index (χ1n) is 14.8. The molecular formula is C41H27N3. The number of hydrogen-bond acceptors (Lipinski definition) is 3. The summed E-state index contributed by atoms with van der Waals surface area (Å²) in [5, 5.41) is 4.79. The number of nitrogens with zero attached hydrogens (tertiary/aromatic N) is 3. The maximum atomic E-state index is 4.68. The van der Waals surface area contributed by atoms with E-state index in [1.165, 1.54) is 32.7 Å². The molecule has 0 spiro atoms. The van der Waals surface area contributed by atoms with E-state index in [2.05, 4.69) is 124 Å². The Balaban J connectivity index is 1.45. The third-order valence-electron chi connectivity index (χ3n) is 8.21. The van der Waals surface area contributed by atoms with Gasteiger partial charge in [-0.15, -0.1) is 0 Å². The molecule has 206 valence electrons. The number of hydrogen-bond donors (Lipinski definition) is 0. The minimum atomic E-state index is 0.953. The van der Waals surface area contributed by atoms with Crippen LogP contribution in [0.2, 0.25) is 0 Å². The Hall–Kier alpha value is -5.93. The van der Waals surface area contributed by atoms with Crippen molar-refractivity contribution in [2.24, 2.45) is 0 Å². The van der Waals surface area contributed by atoms with Gasteiger partial charge in [0.1, 0.15) is 0 Å². The summed E-state index contributed by atoms with van der Waals surface area (Å²) >= 11 is 0. The number of aromatic nitrogens is 3. The van der Waals surface area contributed by atoms with Gasteiger partial charge in [0.2, 0.25) is 0 Å². The van der Waals surface area contributed by atoms with Gasteiger partial charge in [-0.25, -0.2) is 0 Å². The Bertz CT molecular complexity index is 2260. The van der Waals surface area contributed by atoms with Crippen LogP contribution in [-0.2, 0) is 0 Å². The van der Waals surface area contributed by atoms with Gasteiger partial charge in [0.25, 0.3) is 0 Å². The van der Waals surface area contributed by atoms with Gasteiger partial charge >= 0.3 is 0 Å². The van der Waals surface area contributed by atoms with Gasteiger partial charge in [0.15, 0.2) is 0 Å². The predicted octanol–water partition coefficient (Wildman–Crippen LogP) is 10.5. The molecule has 0 aliphatic rings. The minimum Gasteiger partial charge on any atom is -0.256 e. The van der Waals surface area contributed by atoms with Crippen molar-refractivity contribution in [2.75, 3.05) is 0 Å². The van der Waals surface area contributed by atoms with E-state index in [4.69, 9.17) is 0 Å². The highest BCUT2D eigenvalue weighted by Crippen LogP contribution is 2.45. The van der Waals surface area contributed by atoms with Crippen LogP contribution in [0.25, 0.3) is 77.6 Å². The van der Waals surface area contributed by atoms with E-state index in [0.29, 0.717) is 0 Å². The summed E-state index contributed by atoms with van der Waals surface area (Å²) in [7, 11) is 0. The van der Waals surface area contributed by atoms with E-state index < -0.39 is 0 Å². The first-order valence-corrected chi connectivity index (χ1v) is 14.8. The second-order valence-electron chi connectivity index (χ2n) is 10.9. The van der Waals surface area contributed by atoms with Crippen molar-refractivity contribution < 1.29 is 0 Å². The van der Waals surface area contributed by atoms with Crippen molar-refractivity contribution in [2.45, 2.75) is 0 Å². The quantitative estimate of drug-likeness (QED) is 0.196. The maximum Gasteiger partial charge on any atom is 0.0702 e. The molecule has 0 amide bonds. The maximum absolute atomic E-state index is 4.68. The molecule has 3 heteroatoms. The van der Waals surface area contributed by atoms with Gasteiger partial charge in [0, 0.05) is 35.3 Å². The first-order chi connectivity index (χ1) is 21.8.